The maximum Gasteiger partial charge on any atom is 0.191 e. The van der Waals surface area contributed by atoms with Crippen molar-refractivity contribution in [3.05, 3.63) is 101 Å². The largest absolute Gasteiger partial charge is 0.352 e. The zero-order valence-electron chi connectivity index (χ0n) is 17.4. The Labute approximate surface area is 204 Å². The summed E-state index contributed by atoms with van der Waals surface area (Å²) in [6.07, 6.45) is 5.63. The Morgan fingerprint density at radius 1 is 1.00 bits per heavy atom. The minimum absolute atomic E-state index is 0. The number of halogens is 1. The number of benzene rings is 2. The summed E-state index contributed by atoms with van der Waals surface area (Å²) < 4.78 is 2.07. The van der Waals surface area contributed by atoms with Crippen LogP contribution in [0.5, 0.6) is 0 Å². The van der Waals surface area contributed by atoms with Gasteiger partial charge in [0.2, 0.25) is 0 Å². The second-order valence-electron chi connectivity index (χ2n) is 6.95. The van der Waals surface area contributed by atoms with Crippen molar-refractivity contribution in [3.63, 3.8) is 0 Å². The molecule has 0 spiro atoms. The molecule has 4 rings (SSSR count). The first-order valence-electron chi connectivity index (χ1n) is 9.91. The van der Waals surface area contributed by atoms with E-state index in [4.69, 9.17) is 0 Å². The smallest absolute Gasteiger partial charge is 0.191 e. The van der Waals surface area contributed by atoms with Gasteiger partial charge in [0.15, 0.2) is 5.96 Å². The van der Waals surface area contributed by atoms with Crippen LogP contribution >= 0.6 is 35.3 Å². The summed E-state index contributed by atoms with van der Waals surface area (Å²) in [6, 6.07) is 21.4. The molecular formula is C24H26IN5S. The number of thiophene rings is 1. The third kappa shape index (κ3) is 6.41. The Balaban J connectivity index is 0.00000272. The summed E-state index contributed by atoms with van der Waals surface area (Å²) in [5.41, 5.74) is 4.93. The molecule has 0 radical (unpaired) electrons. The van der Waals surface area contributed by atoms with E-state index >= 15 is 0 Å². The topological polar surface area (TPSA) is 54.2 Å². The van der Waals surface area contributed by atoms with E-state index in [-0.39, 0.29) is 24.0 Å². The second-order valence-corrected chi connectivity index (χ2v) is 7.98. The molecule has 2 aromatic carbocycles. The highest BCUT2D eigenvalue weighted by Gasteiger charge is 2.07. The summed E-state index contributed by atoms with van der Waals surface area (Å²) in [5, 5.41) is 8.89. The lowest BCUT2D eigenvalue weighted by molar-refractivity contribution is 0.797. The maximum absolute atomic E-state index is 4.34. The van der Waals surface area contributed by atoms with Crippen LogP contribution in [0.25, 0.3) is 11.1 Å². The van der Waals surface area contributed by atoms with Crippen molar-refractivity contribution in [2.75, 3.05) is 7.05 Å². The maximum atomic E-state index is 4.34. The van der Waals surface area contributed by atoms with Crippen LogP contribution in [0.1, 0.15) is 16.0 Å². The first kappa shape index (κ1) is 23.0. The van der Waals surface area contributed by atoms with Gasteiger partial charge in [-0.15, -0.1) is 35.3 Å². The average Bonchev–Trinajstić information content (AvgIpc) is 3.49. The van der Waals surface area contributed by atoms with Crippen LogP contribution in [-0.2, 0) is 19.6 Å². The Morgan fingerprint density at radius 2 is 1.81 bits per heavy atom. The quantitative estimate of drug-likeness (QED) is 0.193. The molecule has 0 fully saturated rings. The number of aliphatic imine (C=N–C) groups is 1. The SMILES string of the molecule is CN=C(NCc1cccs1)NCc1ccccc1-c1ccc(Cn2ccnc2)cc1.I. The molecule has 7 heteroatoms. The van der Waals surface area contributed by atoms with Crippen LogP contribution in [0.4, 0.5) is 0 Å². The van der Waals surface area contributed by atoms with Gasteiger partial charge in [0.25, 0.3) is 0 Å². The molecule has 0 aliphatic rings. The summed E-state index contributed by atoms with van der Waals surface area (Å²) >= 11 is 1.74. The van der Waals surface area contributed by atoms with Crippen LogP contribution in [-0.4, -0.2) is 22.6 Å². The molecule has 2 heterocycles. The monoisotopic (exact) mass is 543 g/mol. The molecule has 2 aromatic heterocycles. The molecule has 0 amide bonds. The molecular weight excluding hydrogens is 517 g/mol. The number of imidazole rings is 1. The zero-order valence-corrected chi connectivity index (χ0v) is 20.5. The van der Waals surface area contributed by atoms with Crippen molar-refractivity contribution in [2.45, 2.75) is 19.6 Å². The van der Waals surface area contributed by atoms with Crippen LogP contribution in [0.3, 0.4) is 0 Å². The third-order valence-corrected chi connectivity index (χ3v) is 5.76. The van der Waals surface area contributed by atoms with Crippen LogP contribution in [0.15, 0.2) is 89.8 Å². The molecule has 0 saturated carbocycles. The number of nitrogens with one attached hydrogen (secondary N) is 2. The molecule has 31 heavy (non-hydrogen) atoms. The Bertz CT molecular complexity index is 1070. The highest BCUT2D eigenvalue weighted by Crippen LogP contribution is 2.24. The minimum Gasteiger partial charge on any atom is -0.352 e. The van der Waals surface area contributed by atoms with Crippen molar-refractivity contribution in [1.29, 1.82) is 0 Å². The lowest BCUT2D eigenvalue weighted by Crippen LogP contribution is -2.36. The number of aromatic nitrogens is 2. The number of guanidine groups is 1. The van der Waals surface area contributed by atoms with E-state index in [0.717, 1.165) is 19.0 Å². The Hall–Kier alpha value is -2.65. The summed E-state index contributed by atoms with van der Waals surface area (Å²) in [7, 11) is 1.80. The molecule has 5 nitrogen and oxygen atoms in total. The van der Waals surface area contributed by atoms with Gasteiger partial charge in [-0.2, -0.15) is 0 Å². The van der Waals surface area contributed by atoms with Crippen LogP contribution in [0.2, 0.25) is 0 Å². The van der Waals surface area contributed by atoms with Gasteiger partial charge in [-0.1, -0.05) is 54.6 Å². The van der Waals surface area contributed by atoms with Crippen molar-refractivity contribution in [1.82, 2.24) is 20.2 Å². The first-order chi connectivity index (χ1) is 14.8. The lowest BCUT2D eigenvalue weighted by Gasteiger charge is -2.14. The van der Waals surface area contributed by atoms with Crippen molar-refractivity contribution >= 4 is 41.3 Å². The van der Waals surface area contributed by atoms with Gasteiger partial charge in [0.1, 0.15) is 0 Å². The molecule has 0 aliphatic heterocycles. The second kappa shape index (κ2) is 11.7. The van der Waals surface area contributed by atoms with Gasteiger partial charge >= 0.3 is 0 Å². The molecule has 0 saturated heterocycles. The van der Waals surface area contributed by atoms with Gasteiger partial charge in [0, 0.05) is 37.4 Å². The van der Waals surface area contributed by atoms with Gasteiger partial charge < -0.3 is 15.2 Å². The van der Waals surface area contributed by atoms with E-state index in [1.54, 1.807) is 24.6 Å². The highest BCUT2D eigenvalue weighted by atomic mass is 127. The van der Waals surface area contributed by atoms with E-state index < -0.39 is 0 Å². The summed E-state index contributed by atoms with van der Waals surface area (Å²) in [5.74, 6) is 0.800. The Morgan fingerprint density at radius 3 is 2.52 bits per heavy atom. The van der Waals surface area contributed by atoms with E-state index in [1.165, 1.54) is 27.1 Å². The molecule has 160 valence electrons. The fourth-order valence-corrected chi connectivity index (χ4v) is 3.96. The van der Waals surface area contributed by atoms with Crippen molar-refractivity contribution in [3.8, 4) is 11.1 Å². The first-order valence-corrected chi connectivity index (χ1v) is 10.8. The van der Waals surface area contributed by atoms with E-state index in [1.807, 2.05) is 12.5 Å². The highest BCUT2D eigenvalue weighted by molar-refractivity contribution is 14.0. The molecule has 0 bridgehead atoms. The number of nitrogens with zero attached hydrogens (tertiary/aromatic N) is 3. The number of rotatable bonds is 7. The third-order valence-electron chi connectivity index (χ3n) is 4.89. The van der Waals surface area contributed by atoms with E-state index in [0.29, 0.717) is 6.54 Å². The normalized spacial score (nSPS) is 11.1. The summed E-state index contributed by atoms with van der Waals surface area (Å²) in [6.45, 7) is 2.31. The van der Waals surface area contributed by atoms with Crippen molar-refractivity contribution in [2.24, 2.45) is 4.99 Å². The minimum atomic E-state index is 0. The Kier molecular flexibility index (Phi) is 8.66. The van der Waals surface area contributed by atoms with Gasteiger partial charge in [-0.3, -0.25) is 4.99 Å². The zero-order chi connectivity index (χ0) is 20.6. The number of hydrogen-bond donors (Lipinski definition) is 2. The van der Waals surface area contributed by atoms with Crippen LogP contribution < -0.4 is 10.6 Å². The van der Waals surface area contributed by atoms with Gasteiger partial charge in [-0.05, 0) is 33.7 Å². The predicted molar refractivity (Wildman–Crippen MR) is 140 cm³/mol. The molecule has 2 N–H and O–H groups in total. The fraction of sp³-hybridized carbons (Fsp3) is 0.167. The lowest BCUT2D eigenvalue weighted by atomic mass is 9.98. The average molecular weight is 543 g/mol. The van der Waals surface area contributed by atoms with Gasteiger partial charge in [0.05, 0.1) is 12.9 Å². The van der Waals surface area contributed by atoms with Crippen LogP contribution in [0, 0.1) is 0 Å². The molecule has 0 atom stereocenters. The molecule has 4 aromatic rings. The molecule has 0 unspecified atom stereocenters. The standard InChI is InChI=1S/C24H25N5S.HI/c1-25-24(28-16-22-6-4-14-30-22)27-15-21-5-2-3-7-23(21)20-10-8-19(9-11-20)17-29-13-12-26-18-29;/h2-14,18H,15-17H2,1H3,(H2,25,27,28);1H. The summed E-state index contributed by atoms with van der Waals surface area (Å²) in [4.78, 5) is 9.74. The van der Waals surface area contributed by atoms with Crippen molar-refractivity contribution < 1.29 is 0 Å². The molecule has 0 aliphatic carbocycles. The fourth-order valence-electron chi connectivity index (χ4n) is 3.32. The van der Waals surface area contributed by atoms with E-state index in [9.17, 15) is 0 Å². The van der Waals surface area contributed by atoms with Gasteiger partial charge in [-0.25, -0.2) is 4.98 Å². The number of hydrogen-bond acceptors (Lipinski definition) is 3. The predicted octanol–water partition coefficient (Wildman–Crippen LogP) is 5.14. The van der Waals surface area contributed by atoms with E-state index in [2.05, 4.69) is 91.2 Å².